The summed E-state index contributed by atoms with van der Waals surface area (Å²) in [6.45, 7) is 2.94. The molecule has 1 heterocycles. The maximum Gasteiger partial charge on any atom is 0.309 e. The van der Waals surface area contributed by atoms with E-state index in [9.17, 15) is 4.79 Å². The smallest absolute Gasteiger partial charge is 0.309 e. The Bertz CT molecular complexity index is 288. The van der Waals surface area contributed by atoms with Gasteiger partial charge >= 0.3 is 5.97 Å². The average molecular weight is 339 g/mol. The van der Waals surface area contributed by atoms with E-state index < -0.39 is 0 Å². The molecule has 0 saturated carbocycles. The predicted molar refractivity (Wildman–Crippen MR) is 103 cm³/mol. The van der Waals surface area contributed by atoms with Gasteiger partial charge in [0.1, 0.15) is 0 Å². The number of unbranched alkanes of at least 4 members (excludes halogenated alkanes) is 15. The van der Waals surface area contributed by atoms with Crippen LogP contribution >= 0.6 is 0 Å². The van der Waals surface area contributed by atoms with E-state index in [1.807, 2.05) is 0 Å². The van der Waals surface area contributed by atoms with Gasteiger partial charge in [-0.15, -0.1) is 0 Å². The van der Waals surface area contributed by atoms with E-state index in [0.29, 0.717) is 6.61 Å². The van der Waals surface area contributed by atoms with Gasteiger partial charge in [0.2, 0.25) is 0 Å². The Kier molecular flexibility index (Phi) is 14.3. The van der Waals surface area contributed by atoms with Gasteiger partial charge < -0.3 is 4.74 Å². The molecule has 0 aromatic heterocycles. The Morgan fingerprint density at radius 3 is 1.50 bits per heavy atom. The summed E-state index contributed by atoms with van der Waals surface area (Å²) in [7, 11) is 0. The van der Waals surface area contributed by atoms with Crippen LogP contribution in [0.3, 0.4) is 0 Å². The van der Waals surface area contributed by atoms with Crippen LogP contribution in [0.25, 0.3) is 0 Å². The van der Waals surface area contributed by atoms with Crippen LogP contribution in [0.15, 0.2) is 0 Å². The number of cyclic esters (lactones) is 1. The summed E-state index contributed by atoms with van der Waals surface area (Å²) in [5.74, 6) is 0.271. The van der Waals surface area contributed by atoms with Crippen LogP contribution in [-0.4, -0.2) is 12.6 Å². The predicted octanol–water partition coefficient (Wildman–Crippen LogP) is 7.20. The molecular formula is C22H42O2. The van der Waals surface area contributed by atoms with Crippen LogP contribution in [0.2, 0.25) is 0 Å². The zero-order valence-corrected chi connectivity index (χ0v) is 16.3. The molecule has 0 aromatic rings. The van der Waals surface area contributed by atoms with Crippen molar-refractivity contribution in [1.82, 2.24) is 0 Å². The van der Waals surface area contributed by atoms with Crippen LogP contribution in [-0.2, 0) is 9.53 Å². The van der Waals surface area contributed by atoms with E-state index in [0.717, 1.165) is 12.8 Å². The van der Waals surface area contributed by atoms with Crippen molar-refractivity contribution in [3.63, 3.8) is 0 Å². The minimum absolute atomic E-state index is 0.0518. The molecule has 0 amide bonds. The molecule has 1 rings (SSSR count). The summed E-state index contributed by atoms with van der Waals surface area (Å²) in [4.78, 5) is 11.3. The fourth-order valence-electron chi connectivity index (χ4n) is 3.74. The monoisotopic (exact) mass is 338 g/mol. The molecule has 0 N–H and O–H groups in total. The average Bonchev–Trinajstić information content (AvgIpc) is 2.99. The molecule has 24 heavy (non-hydrogen) atoms. The van der Waals surface area contributed by atoms with E-state index in [1.165, 1.54) is 103 Å². The van der Waals surface area contributed by atoms with E-state index in [-0.39, 0.29) is 11.9 Å². The molecule has 2 heteroatoms. The molecule has 1 aliphatic rings. The minimum atomic E-state index is 0.0518. The fourth-order valence-corrected chi connectivity index (χ4v) is 3.74. The standard InChI is InChI=1S/C22H42O2/c1-2-3-4-5-6-7-8-9-10-11-12-13-14-15-16-17-18-21-19-20-24-22(21)23/h21H,2-20H2,1H3. The van der Waals surface area contributed by atoms with Crippen molar-refractivity contribution in [3.8, 4) is 0 Å². The Labute approximate surface area is 151 Å². The zero-order chi connectivity index (χ0) is 17.3. The molecule has 1 unspecified atom stereocenters. The van der Waals surface area contributed by atoms with Crippen LogP contribution in [0.5, 0.6) is 0 Å². The van der Waals surface area contributed by atoms with Gasteiger partial charge in [-0.05, 0) is 12.8 Å². The van der Waals surface area contributed by atoms with Gasteiger partial charge in [0.15, 0.2) is 0 Å². The highest BCUT2D eigenvalue weighted by molar-refractivity contribution is 5.73. The van der Waals surface area contributed by atoms with Crippen molar-refractivity contribution in [2.24, 2.45) is 5.92 Å². The van der Waals surface area contributed by atoms with Crippen molar-refractivity contribution in [3.05, 3.63) is 0 Å². The first-order valence-electron chi connectivity index (χ1n) is 11.0. The van der Waals surface area contributed by atoms with Crippen LogP contribution in [0.1, 0.15) is 122 Å². The van der Waals surface area contributed by atoms with E-state index in [2.05, 4.69) is 6.92 Å². The molecule has 2 nitrogen and oxygen atoms in total. The first-order valence-corrected chi connectivity index (χ1v) is 11.0. The SMILES string of the molecule is CCCCCCCCCCCCCCCCCCC1CCOC1=O. The second kappa shape index (κ2) is 16.0. The third-order valence-electron chi connectivity index (χ3n) is 5.45. The van der Waals surface area contributed by atoms with Gasteiger partial charge in [0.25, 0.3) is 0 Å². The van der Waals surface area contributed by atoms with Gasteiger partial charge in [-0.1, -0.05) is 110 Å². The minimum Gasteiger partial charge on any atom is -0.465 e. The molecule has 0 aliphatic carbocycles. The lowest BCUT2D eigenvalue weighted by Crippen LogP contribution is -2.06. The van der Waals surface area contributed by atoms with Crippen LogP contribution in [0, 0.1) is 5.92 Å². The Hall–Kier alpha value is -0.530. The summed E-state index contributed by atoms with van der Waals surface area (Å²) >= 11 is 0. The number of carbonyl (C=O) groups is 1. The molecule has 1 aliphatic heterocycles. The molecule has 1 fully saturated rings. The van der Waals surface area contributed by atoms with Gasteiger partial charge in [0.05, 0.1) is 12.5 Å². The summed E-state index contributed by atoms with van der Waals surface area (Å²) < 4.78 is 5.01. The van der Waals surface area contributed by atoms with Gasteiger partial charge in [0, 0.05) is 0 Å². The summed E-state index contributed by atoms with van der Waals surface area (Å²) in [5.41, 5.74) is 0. The molecule has 0 spiro atoms. The molecule has 0 aromatic carbocycles. The van der Waals surface area contributed by atoms with Crippen LogP contribution < -0.4 is 0 Å². The fraction of sp³-hybridized carbons (Fsp3) is 0.955. The third kappa shape index (κ3) is 11.9. The Morgan fingerprint density at radius 1 is 0.708 bits per heavy atom. The number of ether oxygens (including phenoxy) is 1. The molecule has 0 radical (unpaired) electrons. The lowest BCUT2D eigenvalue weighted by Gasteiger charge is -2.05. The number of hydrogen-bond acceptors (Lipinski definition) is 2. The van der Waals surface area contributed by atoms with Gasteiger partial charge in [-0.25, -0.2) is 0 Å². The van der Waals surface area contributed by atoms with Crippen molar-refractivity contribution in [2.75, 3.05) is 6.61 Å². The normalized spacial score (nSPS) is 17.4. The Morgan fingerprint density at radius 2 is 1.12 bits per heavy atom. The van der Waals surface area contributed by atoms with Crippen molar-refractivity contribution in [1.29, 1.82) is 0 Å². The second-order valence-electron chi connectivity index (χ2n) is 7.75. The van der Waals surface area contributed by atoms with E-state index >= 15 is 0 Å². The number of rotatable bonds is 17. The molecule has 0 bridgehead atoms. The third-order valence-corrected chi connectivity index (χ3v) is 5.45. The maximum absolute atomic E-state index is 11.3. The summed E-state index contributed by atoms with van der Waals surface area (Å²) in [6.07, 6.45) is 24.4. The molecule has 142 valence electrons. The topological polar surface area (TPSA) is 26.3 Å². The number of carbonyl (C=O) groups excluding carboxylic acids is 1. The highest BCUT2D eigenvalue weighted by atomic mass is 16.5. The Balaban J connectivity index is 1.68. The van der Waals surface area contributed by atoms with Crippen molar-refractivity contribution >= 4 is 5.97 Å². The number of hydrogen-bond donors (Lipinski definition) is 0. The van der Waals surface area contributed by atoms with E-state index in [4.69, 9.17) is 4.74 Å². The quantitative estimate of drug-likeness (QED) is 0.207. The zero-order valence-electron chi connectivity index (χ0n) is 16.3. The van der Waals surface area contributed by atoms with Gasteiger partial charge in [-0.3, -0.25) is 4.79 Å². The van der Waals surface area contributed by atoms with Crippen molar-refractivity contribution < 1.29 is 9.53 Å². The lowest BCUT2D eigenvalue weighted by atomic mass is 9.99. The highest BCUT2D eigenvalue weighted by Crippen LogP contribution is 2.21. The number of esters is 1. The van der Waals surface area contributed by atoms with Gasteiger partial charge in [-0.2, -0.15) is 0 Å². The van der Waals surface area contributed by atoms with E-state index in [1.54, 1.807) is 0 Å². The first kappa shape index (κ1) is 21.5. The molecule has 1 saturated heterocycles. The summed E-state index contributed by atoms with van der Waals surface area (Å²) in [5, 5.41) is 0. The van der Waals surface area contributed by atoms with Crippen LogP contribution in [0.4, 0.5) is 0 Å². The largest absolute Gasteiger partial charge is 0.465 e. The molecular weight excluding hydrogens is 296 g/mol. The second-order valence-corrected chi connectivity index (χ2v) is 7.75. The molecule has 1 atom stereocenters. The maximum atomic E-state index is 11.3. The lowest BCUT2D eigenvalue weighted by molar-refractivity contribution is -0.141. The summed E-state index contributed by atoms with van der Waals surface area (Å²) in [6, 6.07) is 0. The van der Waals surface area contributed by atoms with Crippen molar-refractivity contribution in [2.45, 2.75) is 122 Å². The first-order chi connectivity index (χ1) is 11.8. The highest BCUT2D eigenvalue weighted by Gasteiger charge is 2.25.